The van der Waals surface area contributed by atoms with E-state index in [1.165, 1.54) is 0 Å². The van der Waals surface area contributed by atoms with Gasteiger partial charge in [0.1, 0.15) is 5.82 Å². The lowest BCUT2D eigenvalue weighted by Gasteiger charge is -2.35. The molecule has 2 amide bonds. The van der Waals surface area contributed by atoms with Gasteiger partial charge in [0.2, 0.25) is 11.8 Å². The molecule has 0 spiro atoms. The number of rotatable bonds is 5. The maximum atomic E-state index is 12.6. The third kappa shape index (κ3) is 5.72. The van der Waals surface area contributed by atoms with Crippen LogP contribution in [0, 0.1) is 11.3 Å². The fourth-order valence-corrected chi connectivity index (χ4v) is 4.15. The average molecular weight is 416 g/mol. The van der Waals surface area contributed by atoms with E-state index in [4.69, 9.17) is 0 Å². The normalized spacial score (nSPS) is 19.1. The van der Waals surface area contributed by atoms with Gasteiger partial charge in [0.25, 0.3) is 0 Å². The first kappa shape index (κ1) is 22.5. The minimum atomic E-state index is -0.363. The number of aromatic nitrogens is 1. The van der Waals surface area contributed by atoms with E-state index in [2.05, 4.69) is 39.2 Å². The number of nitrogens with zero attached hydrogens (tertiary/aromatic N) is 4. The number of hydrogen-bond acceptors (Lipinski definition) is 5. The van der Waals surface area contributed by atoms with Crippen LogP contribution in [0.4, 0.5) is 5.82 Å². The second kappa shape index (κ2) is 9.77. The molecule has 0 saturated carbocycles. The van der Waals surface area contributed by atoms with E-state index >= 15 is 0 Å². The molecule has 0 bridgehead atoms. The highest BCUT2D eigenvalue weighted by atomic mass is 16.2. The van der Waals surface area contributed by atoms with Crippen molar-refractivity contribution in [2.45, 2.75) is 47.1 Å². The number of anilines is 1. The third-order valence-electron chi connectivity index (χ3n) is 6.21. The Morgan fingerprint density at radius 3 is 2.27 bits per heavy atom. The van der Waals surface area contributed by atoms with E-state index in [-0.39, 0.29) is 23.1 Å². The third-order valence-corrected chi connectivity index (χ3v) is 6.21. The van der Waals surface area contributed by atoms with Gasteiger partial charge in [-0.2, -0.15) is 0 Å². The van der Waals surface area contributed by atoms with Crippen LogP contribution in [0.3, 0.4) is 0 Å². The summed E-state index contributed by atoms with van der Waals surface area (Å²) in [5, 5.41) is 3.05. The number of piperazine rings is 1. The summed E-state index contributed by atoms with van der Waals surface area (Å²) >= 11 is 0. The lowest BCUT2D eigenvalue weighted by Crippen LogP contribution is -2.46. The first-order valence-corrected chi connectivity index (χ1v) is 11.3. The van der Waals surface area contributed by atoms with Crippen LogP contribution in [0.25, 0.3) is 0 Å². The lowest BCUT2D eigenvalue weighted by molar-refractivity contribution is -0.142. The van der Waals surface area contributed by atoms with Crippen molar-refractivity contribution < 1.29 is 9.59 Å². The van der Waals surface area contributed by atoms with E-state index in [0.29, 0.717) is 19.6 Å². The van der Waals surface area contributed by atoms with Crippen LogP contribution >= 0.6 is 0 Å². The van der Waals surface area contributed by atoms with Gasteiger partial charge in [-0.25, -0.2) is 4.98 Å². The Bertz CT molecular complexity index is 712. The SMILES string of the molecule is CCN1CCN(c2ccc(CNC(=O)C3CCN(C(=O)C(C)(C)C)CC3)cn2)CC1. The van der Waals surface area contributed by atoms with Crippen molar-refractivity contribution in [1.82, 2.24) is 20.1 Å². The second-order valence-electron chi connectivity index (χ2n) is 9.48. The van der Waals surface area contributed by atoms with Gasteiger partial charge in [0.15, 0.2) is 0 Å². The van der Waals surface area contributed by atoms with E-state index < -0.39 is 0 Å². The van der Waals surface area contributed by atoms with Crippen molar-refractivity contribution in [1.29, 1.82) is 0 Å². The molecule has 0 radical (unpaired) electrons. The number of likely N-dealkylation sites (tertiary alicyclic amines) is 1. The number of amides is 2. The summed E-state index contributed by atoms with van der Waals surface area (Å²) < 4.78 is 0. The molecule has 7 heteroatoms. The molecule has 1 aromatic heterocycles. The van der Waals surface area contributed by atoms with Gasteiger partial charge in [0.05, 0.1) is 0 Å². The first-order chi connectivity index (χ1) is 14.3. The van der Waals surface area contributed by atoms with Crippen molar-refractivity contribution in [3.05, 3.63) is 23.9 Å². The predicted molar refractivity (Wildman–Crippen MR) is 119 cm³/mol. The van der Waals surface area contributed by atoms with Crippen LogP contribution in [-0.4, -0.2) is 72.4 Å². The van der Waals surface area contributed by atoms with E-state index in [9.17, 15) is 9.59 Å². The zero-order valence-corrected chi connectivity index (χ0v) is 19.0. The van der Waals surface area contributed by atoms with Crippen molar-refractivity contribution >= 4 is 17.6 Å². The van der Waals surface area contributed by atoms with Crippen LogP contribution in [-0.2, 0) is 16.1 Å². The molecule has 0 aliphatic carbocycles. The number of carbonyl (C=O) groups is 2. The summed E-state index contributed by atoms with van der Waals surface area (Å²) in [5.41, 5.74) is 0.650. The van der Waals surface area contributed by atoms with Crippen LogP contribution in [0.1, 0.15) is 46.1 Å². The monoisotopic (exact) mass is 415 g/mol. The van der Waals surface area contributed by atoms with Gasteiger partial charge in [-0.3, -0.25) is 9.59 Å². The van der Waals surface area contributed by atoms with Gasteiger partial charge in [0, 0.05) is 63.3 Å². The first-order valence-electron chi connectivity index (χ1n) is 11.3. The quantitative estimate of drug-likeness (QED) is 0.798. The van der Waals surface area contributed by atoms with Crippen LogP contribution in [0.15, 0.2) is 18.3 Å². The summed E-state index contributed by atoms with van der Waals surface area (Å²) in [6.07, 6.45) is 3.33. The fourth-order valence-electron chi connectivity index (χ4n) is 4.15. The molecular weight excluding hydrogens is 378 g/mol. The molecular formula is C23H37N5O2. The fraction of sp³-hybridized carbons (Fsp3) is 0.696. The van der Waals surface area contributed by atoms with E-state index in [0.717, 1.165) is 56.9 Å². The van der Waals surface area contributed by atoms with Gasteiger partial charge < -0.3 is 20.0 Å². The number of nitrogens with one attached hydrogen (secondary N) is 1. The minimum absolute atomic E-state index is 0.0175. The standard InChI is InChI=1S/C23H37N5O2/c1-5-26-12-14-27(15-13-26)20-7-6-18(16-24-20)17-25-21(29)19-8-10-28(11-9-19)22(30)23(2,3)4/h6-7,16,19H,5,8-15,17H2,1-4H3,(H,25,29). The zero-order valence-electron chi connectivity index (χ0n) is 19.0. The number of likely N-dealkylation sites (N-methyl/N-ethyl adjacent to an activating group) is 1. The summed E-state index contributed by atoms with van der Waals surface area (Å²) in [6.45, 7) is 15.1. The Kier molecular flexibility index (Phi) is 7.34. The van der Waals surface area contributed by atoms with Gasteiger partial charge in [-0.15, -0.1) is 0 Å². The van der Waals surface area contributed by atoms with E-state index in [1.54, 1.807) is 0 Å². The van der Waals surface area contributed by atoms with E-state index in [1.807, 2.05) is 31.9 Å². The molecule has 2 aliphatic rings. The maximum Gasteiger partial charge on any atom is 0.227 e. The largest absolute Gasteiger partial charge is 0.354 e. The minimum Gasteiger partial charge on any atom is -0.354 e. The zero-order chi connectivity index (χ0) is 21.7. The highest BCUT2D eigenvalue weighted by Crippen LogP contribution is 2.23. The number of hydrogen-bond donors (Lipinski definition) is 1. The smallest absolute Gasteiger partial charge is 0.227 e. The Labute approximate surface area is 180 Å². The number of pyridine rings is 1. The highest BCUT2D eigenvalue weighted by Gasteiger charge is 2.32. The molecule has 3 rings (SSSR count). The molecule has 7 nitrogen and oxygen atoms in total. The van der Waals surface area contributed by atoms with Gasteiger partial charge >= 0.3 is 0 Å². The summed E-state index contributed by atoms with van der Waals surface area (Å²) in [5.74, 6) is 1.24. The molecule has 1 N–H and O–H groups in total. The van der Waals surface area contributed by atoms with Gasteiger partial charge in [-0.1, -0.05) is 33.8 Å². The molecule has 3 heterocycles. The highest BCUT2D eigenvalue weighted by molar-refractivity contribution is 5.82. The molecule has 30 heavy (non-hydrogen) atoms. The summed E-state index contributed by atoms with van der Waals surface area (Å²) in [4.78, 5) is 36.2. The Morgan fingerprint density at radius 2 is 1.73 bits per heavy atom. The lowest BCUT2D eigenvalue weighted by atomic mass is 9.90. The number of carbonyl (C=O) groups excluding carboxylic acids is 2. The van der Waals surface area contributed by atoms with Crippen molar-refractivity contribution in [2.24, 2.45) is 11.3 Å². The van der Waals surface area contributed by atoms with Crippen LogP contribution in [0.5, 0.6) is 0 Å². The summed E-state index contributed by atoms with van der Waals surface area (Å²) in [7, 11) is 0. The molecule has 1 aromatic rings. The Morgan fingerprint density at radius 1 is 1.07 bits per heavy atom. The molecule has 2 fully saturated rings. The Hall–Kier alpha value is -2.15. The summed E-state index contributed by atoms with van der Waals surface area (Å²) in [6, 6.07) is 4.11. The average Bonchev–Trinajstić information content (AvgIpc) is 2.77. The Balaban J connectivity index is 1.43. The molecule has 0 atom stereocenters. The van der Waals surface area contributed by atoms with Gasteiger partial charge in [-0.05, 0) is 31.0 Å². The molecule has 0 unspecified atom stereocenters. The predicted octanol–water partition coefficient (Wildman–Crippen LogP) is 2.12. The maximum absolute atomic E-state index is 12.6. The van der Waals surface area contributed by atoms with Crippen molar-refractivity contribution in [3.63, 3.8) is 0 Å². The number of piperidine rings is 1. The topological polar surface area (TPSA) is 68.8 Å². The molecule has 2 aliphatic heterocycles. The molecule has 166 valence electrons. The van der Waals surface area contributed by atoms with Crippen LogP contribution in [0.2, 0.25) is 0 Å². The molecule has 2 saturated heterocycles. The van der Waals surface area contributed by atoms with Crippen LogP contribution < -0.4 is 10.2 Å². The van der Waals surface area contributed by atoms with Crippen molar-refractivity contribution in [2.75, 3.05) is 50.7 Å². The van der Waals surface area contributed by atoms with Crippen molar-refractivity contribution in [3.8, 4) is 0 Å². The second-order valence-corrected chi connectivity index (χ2v) is 9.48. The molecule has 0 aromatic carbocycles.